The summed E-state index contributed by atoms with van der Waals surface area (Å²) >= 11 is 5.57. The first-order chi connectivity index (χ1) is 7.25. The third-order valence-corrected chi connectivity index (χ3v) is 1.87. The summed E-state index contributed by atoms with van der Waals surface area (Å²) in [6.07, 6.45) is 0.399. The molecule has 0 bridgehead atoms. The zero-order chi connectivity index (χ0) is 11.1. The van der Waals surface area contributed by atoms with Crippen LogP contribution in [0.4, 0.5) is 4.39 Å². The molecular weight excluding hydrogens is 217 g/mol. The highest BCUT2D eigenvalue weighted by atomic mass is 35.5. The van der Waals surface area contributed by atoms with E-state index in [0.29, 0.717) is 6.42 Å². The van der Waals surface area contributed by atoms with E-state index >= 15 is 0 Å². The van der Waals surface area contributed by atoms with Crippen LogP contribution >= 0.6 is 11.6 Å². The van der Waals surface area contributed by atoms with Gasteiger partial charge in [-0.25, -0.2) is 4.39 Å². The van der Waals surface area contributed by atoms with E-state index in [1.165, 1.54) is 6.07 Å². The molecule has 0 N–H and O–H groups in total. The minimum atomic E-state index is -0.518. The molecule has 0 aliphatic heterocycles. The van der Waals surface area contributed by atoms with Gasteiger partial charge in [-0.2, -0.15) is 0 Å². The minimum Gasteiger partial charge on any atom is -0.204 e. The average Bonchev–Trinajstić information content (AvgIpc) is 2.24. The maximum atomic E-state index is 13.3. The van der Waals surface area contributed by atoms with Gasteiger partial charge in [-0.15, -0.1) is 0 Å². The number of azide groups is 1. The van der Waals surface area contributed by atoms with Crippen LogP contribution in [-0.2, 0) is 0 Å². The van der Waals surface area contributed by atoms with Gasteiger partial charge in [0.25, 0.3) is 0 Å². The SMILES string of the molecule is [N-]=[N+]=NCCC#Cc1cccc(Cl)c1F. The largest absolute Gasteiger partial charge is 0.204 e. The molecular formula is C10H7ClFN3. The number of halogens is 2. The first kappa shape index (κ1) is 11.4. The van der Waals surface area contributed by atoms with Crippen molar-refractivity contribution in [3.63, 3.8) is 0 Å². The zero-order valence-corrected chi connectivity index (χ0v) is 8.50. The van der Waals surface area contributed by atoms with Gasteiger partial charge in [0.05, 0.1) is 10.6 Å². The first-order valence-electron chi connectivity index (χ1n) is 4.19. The lowest BCUT2D eigenvalue weighted by Crippen LogP contribution is -1.84. The van der Waals surface area contributed by atoms with Gasteiger partial charge in [-0.1, -0.05) is 34.6 Å². The summed E-state index contributed by atoms with van der Waals surface area (Å²) in [4.78, 5) is 2.57. The van der Waals surface area contributed by atoms with E-state index in [1.807, 2.05) is 0 Å². The molecule has 15 heavy (non-hydrogen) atoms. The summed E-state index contributed by atoms with van der Waals surface area (Å²) in [5.74, 6) is 4.79. The molecule has 1 rings (SSSR count). The van der Waals surface area contributed by atoms with E-state index < -0.39 is 5.82 Å². The van der Waals surface area contributed by atoms with Crippen LogP contribution < -0.4 is 0 Å². The van der Waals surface area contributed by atoms with Gasteiger partial charge in [-0.05, 0) is 17.7 Å². The molecule has 76 valence electrons. The van der Waals surface area contributed by atoms with Crippen LogP contribution in [0, 0.1) is 17.7 Å². The van der Waals surface area contributed by atoms with Crippen LogP contribution in [0.5, 0.6) is 0 Å². The van der Waals surface area contributed by atoms with Gasteiger partial charge in [0.2, 0.25) is 0 Å². The van der Waals surface area contributed by atoms with Crippen LogP contribution in [0.15, 0.2) is 23.3 Å². The van der Waals surface area contributed by atoms with Crippen LogP contribution in [-0.4, -0.2) is 6.54 Å². The molecule has 1 aromatic carbocycles. The van der Waals surface area contributed by atoms with E-state index in [4.69, 9.17) is 17.1 Å². The molecule has 0 aliphatic rings. The summed E-state index contributed by atoms with van der Waals surface area (Å²) in [5.41, 5.74) is 8.25. The van der Waals surface area contributed by atoms with Crippen molar-refractivity contribution in [1.29, 1.82) is 0 Å². The fraction of sp³-hybridized carbons (Fsp3) is 0.200. The lowest BCUT2D eigenvalue weighted by molar-refractivity contribution is 0.625. The van der Waals surface area contributed by atoms with Crippen molar-refractivity contribution < 1.29 is 4.39 Å². The van der Waals surface area contributed by atoms with Gasteiger partial charge in [-0.3, -0.25) is 0 Å². The molecule has 0 saturated heterocycles. The molecule has 0 fully saturated rings. The predicted molar refractivity (Wildman–Crippen MR) is 56.9 cm³/mol. The van der Waals surface area contributed by atoms with Gasteiger partial charge >= 0.3 is 0 Å². The molecule has 0 amide bonds. The molecule has 3 nitrogen and oxygen atoms in total. The van der Waals surface area contributed by atoms with Gasteiger partial charge < -0.3 is 0 Å². The summed E-state index contributed by atoms with van der Waals surface area (Å²) in [6, 6.07) is 4.63. The topological polar surface area (TPSA) is 48.8 Å². The summed E-state index contributed by atoms with van der Waals surface area (Å²) in [5, 5.41) is 3.35. The Bertz CT molecular complexity index is 455. The summed E-state index contributed by atoms with van der Waals surface area (Å²) in [6.45, 7) is 0.283. The van der Waals surface area contributed by atoms with E-state index in [9.17, 15) is 4.39 Å². The molecule has 0 spiro atoms. The van der Waals surface area contributed by atoms with E-state index in [-0.39, 0.29) is 17.1 Å². The quantitative estimate of drug-likeness (QED) is 0.242. The van der Waals surface area contributed by atoms with Crippen molar-refractivity contribution in [3.05, 3.63) is 45.0 Å². The molecule has 1 aromatic rings. The van der Waals surface area contributed by atoms with E-state index in [1.54, 1.807) is 12.1 Å². The molecule has 0 aromatic heterocycles. The van der Waals surface area contributed by atoms with Crippen LogP contribution in [0.2, 0.25) is 5.02 Å². The monoisotopic (exact) mass is 223 g/mol. The molecule has 0 atom stereocenters. The lowest BCUT2D eigenvalue weighted by atomic mass is 10.2. The first-order valence-corrected chi connectivity index (χ1v) is 4.57. The number of benzene rings is 1. The Morgan fingerprint density at radius 3 is 3.07 bits per heavy atom. The fourth-order valence-electron chi connectivity index (χ4n) is 0.909. The van der Waals surface area contributed by atoms with Crippen molar-refractivity contribution in [3.8, 4) is 11.8 Å². The van der Waals surface area contributed by atoms with Crippen molar-refractivity contribution in [2.75, 3.05) is 6.54 Å². The highest BCUT2D eigenvalue weighted by molar-refractivity contribution is 6.30. The maximum absolute atomic E-state index is 13.3. The van der Waals surface area contributed by atoms with Crippen molar-refractivity contribution in [2.24, 2.45) is 5.11 Å². The predicted octanol–water partition coefficient (Wildman–Crippen LogP) is 3.53. The second-order valence-electron chi connectivity index (χ2n) is 2.61. The Hall–Kier alpha value is -1.69. The second-order valence-corrected chi connectivity index (χ2v) is 3.01. The molecule has 0 radical (unpaired) electrons. The Morgan fingerprint density at radius 2 is 2.33 bits per heavy atom. The van der Waals surface area contributed by atoms with Gasteiger partial charge in [0.1, 0.15) is 0 Å². The number of hydrogen-bond donors (Lipinski definition) is 0. The molecule has 0 saturated carbocycles. The smallest absolute Gasteiger partial charge is 0.157 e. The minimum absolute atomic E-state index is 0.0526. The van der Waals surface area contributed by atoms with Crippen LogP contribution in [0.25, 0.3) is 10.4 Å². The lowest BCUT2D eigenvalue weighted by Gasteiger charge is -1.95. The van der Waals surface area contributed by atoms with E-state index in [0.717, 1.165) is 0 Å². The average molecular weight is 224 g/mol. The van der Waals surface area contributed by atoms with Crippen molar-refractivity contribution >= 4 is 11.6 Å². The van der Waals surface area contributed by atoms with Gasteiger partial charge in [0, 0.05) is 17.9 Å². The number of rotatable bonds is 2. The fourth-order valence-corrected chi connectivity index (χ4v) is 1.08. The maximum Gasteiger partial charge on any atom is 0.157 e. The normalized spacial score (nSPS) is 8.67. The molecule has 0 heterocycles. The van der Waals surface area contributed by atoms with Gasteiger partial charge in [0.15, 0.2) is 5.82 Å². The Balaban J connectivity index is 2.71. The summed E-state index contributed by atoms with van der Waals surface area (Å²) in [7, 11) is 0. The number of nitrogens with zero attached hydrogens (tertiary/aromatic N) is 3. The van der Waals surface area contributed by atoms with Crippen LogP contribution in [0.1, 0.15) is 12.0 Å². The summed E-state index contributed by atoms with van der Waals surface area (Å²) < 4.78 is 13.3. The second kappa shape index (κ2) is 5.92. The Kier molecular flexibility index (Phi) is 4.49. The molecule has 5 heteroatoms. The standard InChI is InChI=1S/C10H7ClFN3/c11-9-6-3-5-8(10(9)12)4-1-2-7-14-15-13/h3,5-6H,2,7H2. The highest BCUT2D eigenvalue weighted by Crippen LogP contribution is 2.16. The Labute approximate surface area is 91.5 Å². The highest BCUT2D eigenvalue weighted by Gasteiger charge is 2.02. The van der Waals surface area contributed by atoms with Crippen molar-refractivity contribution in [1.82, 2.24) is 0 Å². The third kappa shape index (κ3) is 3.51. The van der Waals surface area contributed by atoms with E-state index in [2.05, 4.69) is 21.9 Å². The molecule has 0 unspecified atom stereocenters. The zero-order valence-electron chi connectivity index (χ0n) is 7.74. The number of hydrogen-bond acceptors (Lipinski definition) is 1. The van der Waals surface area contributed by atoms with Crippen LogP contribution in [0.3, 0.4) is 0 Å². The Morgan fingerprint density at radius 1 is 1.53 bits per heavy atom. The third-order valence-electron chi connectivity index (χ3n) is 1.57. The van der Waals surface area contributed by atoms with Crippen molar-refractivity contribution in [2.45, 2.75) is 6.42 Å². The molecule has 0 aliphatic carbocycles.